The quantitative estimate of drug-likeness (QED) is 0.412. The first-order chi connectivity index (χ1) is 7.40. The smallest absolute Gasteiger partial charge is 0.258 e. The highest BCUT2D eigenvalue weighted by atomic mass is 16.6. The minimum absolute atomic E-state index is 0.0726. The molecule has 2 rings (SSSR count). The first-order valence-corrected chi connectivity index (χ1v) is 5.25. The van der Waals surface area contributed by atoms with Crippen LogP contribution in [0.5, 0.6) is 0 Å². The number of benzene rings is 1. The van der Waals surface area contributed by atoms with Gasteiger partial charge in [0.15, 0.2) is 11.8 Å². The number of nitro benzene ring substituents is 1. The summed E-state index contributed by atoms with van der Waals surface area (Å²) in [6, 6.07) is 5.08. The molecule has 0 saturated heterocycles. The summed E-state index contributed by atoms with van der Waals surface area (Å²) in [5.74, 6) is 0. The van der Waals surface area contributed by atoms with E-state index in [1.165, 1.54) is 5.56 Å². The lowest BCUT2D eigenvalue weighted by molar-refractivity contribution is -0.572. The average Bonchev–Trinajstić information content (AvgIpc) is 2.18. The molecule has 0 aliphatic carbocycles. The van der Waals surface area contributed by atoms with E-state index in [2.05, 4.69) is 18.4 Å². The molecule has 0 saturated carbocycles. The number of non-ortho nitro benzene ring substituents is 1. The molecule has 0 fully saturated rings. The second-order valence-electron chi connectivity index (χ2n) is 4.87. The standard InChI is InChI=1S/C12H15N2O2/c1-12(2)7-9-4-5-11(14(15)16)6-10(9)8-13(12)3/h4-6,8H,7H2,1-3H3/q+1. The molecule has 0 bridgehead atoms. The summed E-state index contributed by atoms with van der Waals surface area (Å²) in [6.07, 6.45) is 2.89. The van der Waals surface area contributed by atoms with E-state index in [1.54, 1.807) is 12.1 Å². The fraction of sp³-hybridized carbons (Fsp3) is 0.417. The molecule has 0 amide bonds. The number of nitrogens with zero attached hydrogens (tertiary/aromatic N) is 2. The molecule has 16 heavy (non-hydrogen) atoms. The molecular weight excluding hydrogens is 204 g/mol. The third kappa shape index (κ3) is 1.71. The summed E-state index contributed by atoms with van der Waals surface area (Å²) in [4.78, 5) is 10.3. The zero-order chi connectivity index (χ0) is 11.9. The second kappa shape index (κ2) is 3.40. The van der Waals surface area contributed by atoms with Gasteiger partial charge in [0.1, 0.15) is 7.05 Å². The van der Waals surface area contributed by atoms with Crippen molar-refractivity contribution < 1.29 is 9.50 Å². The first kappa shape index (κ1) is 10.8. The van der Waals surface area contributed by atoms with Crippen LogP contribution in [0.4, 0.5) is 5.69 Å². The number of fused-ring (bicyclic) bond motifs is 1. The lowest BCUT2D eigenvalue weighted by Crippen LogP contribution is -2.40. The molecular formula is C12H15N2O2+. The van der Waals surface area contributed by atoms with Gasteiger partial charge in [-0.25, -0.2) is 4.58 Å². The molecule has 1 aliphatic heterocycles. The normalized spacial score (nSPS) is 17.6. The molecule has 1 aliphatic rings. The van der Waals surface area contributed by atoms with Gasteiger partial charge < -0.3 is 0 Å². The summed E-state index contributed by atoms with van der Waals surface area (Å²) in [5.41, 5.74) is 2.36. The SMILES string of the molecule is C[N+]1=Cc2cc([N+](=O)[O-])ccc2CC1(C)C. The first-order valence-electron chi connectivity index (χ1n) is 5.25. The van der Waals surface area contributed by atoms with Crippen LogP contribution in [0.1, 0.15) is 25.0 Å². The van der Waals surface area contributed by atoms with Crippen molar-refractivity contribution in [2.75, 3.05) is 7.05 Å². The topological polar surface area (TPSA) is 46.1 Å². The van der Waals surface area contributed by atoms with Gasteiger partial charge >= 0.3 is 0 Å². The van der Waals surface area contributed by atoms with Crippen LogP contribution in [0.3, 0.4) is 0 Å². The second-order valence-corrected chi connectivity index (χ2v) is 4.87. The molecule has 1 aromatic rings. The Hall–Kier alpha value is -1.71. The van der Waals surface area contributed by atoms with Crippen LogP contribution in [0, 0.1) is 10.1 Å². The van der Waals surface area contributed by atoms with Crippen LogP contribution >= 0.6 is 0 Å². The van der Waals surface area contributed by atoms with E-state index in [-0.39, 0.29) is 16.1 Å². The summed E-state index contributed by atoms with van der Waals surface area (Å²) >= 11 is 0. The van der Waals surface area contributed by atoms with Crippen molar-refractivity contribution >= 4 is 11.9 Å². The summed E-state index contributed by atoms with van der Waals surface area (Å²) in [5, 5.41) is 10.7. The highest BCUT2D eigenvalue weighted by Gasteiger charge is 2.33. The molecule has 0 atom stereocenters. The van der Waals surface area contributed by atoms with Crippen molar-refractivity contribution in [3.05, 3.63) is 39.4 Å². The molecule has 1 heterocycles. The van der Waals surface area contributed by atoms with Gasteiger partial charge in [-0.3, -0.25) is 10.1 Å². The third-order valence-electron chi connectivity index (χ3n) is 3.25. The molecule has 0 aromatic heterocycles. The van der Waals surface area contributed by atoms with Crippen LogP contribution in [-0.4, -0.2) is 28.3 Å². The summed E-state index contributed by atoms with van der Waals surface area (Å²) < 4.78 is 2.11. The lowest BCUT2D eigenvalue weighted by Gasteiger charge is -2.25. The highest BCUT2D eigenvalue weighted by molar-refractivity contribution is 5.80. The number of likely N-dealkylation sites (N-methyl/N-ethyl adjacent to an activating group) is 1. The van der Waals surface area contributed by atoms with E-state index in [0.717, 1.165) is 12.0 Å². The van der Waals surface area contributed by atoms with Gasteiger partial charge in [-0.1, -0.05) is 6.07 Å². The van der Waals surface area contributed by atoms with Crippen molar-refractivity contribution in [3.8, 4) is 0 Å². The molecule has 4 nitrogen and oxygen atoms in total. The van der Waals surface area contributed by atoms with Gasteiger partial charge in [0.25, 0.3) is 5.69 Å². The summed E-state index contributed by atoms with van der Waals surface area (Å²) in [6.45, 7) is 4.32. The maximum Gasteiger partial charge on any atom is 0.270 e. The van der Waals surface area contributed by atoms with Gasteiger partial charge in [-0.05, 0) is 5.56 Å². The fourth-order valence-corrected chi connectivity index (χ4v) is 1.95. The minimum atomic E-state index is -0.353. The maximum absolute atomic E-state index is 10.7. The minimum Gasteiger partial charge on any atom is -0.258 e. The molecule has 84 valence electrons. The van der Waals surface area contributed by atoms with Crippen molar-refractivity contribution in [1.82, 2.24) is 0 Å². The molecule has 0 N–H and O–H groups in total. The van der Waals surface area contributed by atoms with E-state index in [1.807, 2.05) is 19.3 Å². The number of rotatable bonds is 1. The Morgan fingerprint density at radius 1 is 1.44 bits per heavy atom. The summed E-state index contributed by atoms with van der Waals surface area (Å²) in [7, 11) is 2.00. The maximum atomic E-state index is 10.7. The Bertz CT molecular complexity index is 490. The lowest BCUT2D eigenvalue weighted by atomic mass is 9.88. The van der Waals surface area contributed by atoms with E-state index in [0.29, 0.717) is 0 Å². The number of nitro groups is 1. The van der Waals surface area contributed by atoms with E-state index in [4.69, 9.17) is 0 Å². The van der Waals surface area contributed by atoms with Crippen LogP contribution in [-0.2, 0) is 6.42 Å². The van der Waals surface area contributed by atoms with Crippen LogP contribution in [0.2, 0.25) is 0 Å². The van der Waals surface area contributed by atoms with Crippen molar-refractivity contribution in [2.45, 2.75) is 25.8 Å². The Balaban J connectivity index is 2.51. The van der Waals surface area contributed by atoms with Crippen molar-refractivity contribution in [1.29, 1.82) is 0 Å². The average molecular weight is 219 g/mol. The molecule has 4 heteroatoms. The Morgan fingerprint density at radius 2 is 2.12 bits per heavy atom. The Kier molecular flexibility index (Phi) is 2.30. The third-order valence-corrected chi connectivity index (χ3v) is 3.25. The zero-order valence-electron chi connectivity index (χ0n) is 9.73. The Morgan fingerprint density at radius 3 is 2.75 bits per heavy atom. The Labute approximate surface area is 94.4 Å². The zero-order valence-corrected chi connectivity index (χ0v) is 9.73. The number of hydrogen-bond acceptors (Lipinski definition) is 2. The van der Waals surface area contributed by atoms with Crippen LogP contribution < -0.4 is 0 Å². The van der Waals surface area contributed by atoms with E-state index >= 15 is 0 Å². The molecule has 0 radical (unpaired) electrons. The largest absolute Gasteiger partial charge is 0.270 e. The van der Waals surface area contributed by atoms with Gasteiger partial charge in [0.05, 0.1) is 4.92 Å². The van der Waals surface area contributed by atoms with Gasteiger partial charge in [0.2, 0.25) is 0 Å². The number of hydrogen-bond donors (Lipinski definition) is 0. The van der Waals surface area contributed by atoms with Crippen LogP contribution in [0.15, 0.2) is 18.2 Å². The van der Waals surface area contributed by atoms with Crippen molar-refractivity contribution in [3.63, 3.8) is 0 Å². The van der Waals surface area contributed by atoms with Gasteiger partial charge in [0, 0.05) is 38.0 Å². The van der Waals surface area contributed by atoms with E-state index < -0.39 is 0 Å². The van der Waals surface area contributed by atoms with Gasteiger partial charge in [-0.2, -0.15) is 0 Å². The predicted molar refractivity (Wildman–Crippen MR) is 62.2 cm³/mol. The van der Waals surface area contributed by atoms with Crippen LogP contribution in [0.25, 0.3) is 0 Å². The van der Waals surface area contributed by atoms with Gasteiger partial charge in [-0.15, -0.1) is 0 Å². The molecule has 1 aromatic carbocycles. The predicted octanol–water partition coefficient (Wildman–Crippen LogP) is 1.99. The molecule has 0 spiro atoms. The molecule has 0 unspecified atom stereocenters. The fourth-order valence-electron chi connectivity index (χ4n) is 1.95. The van der Waals surface area contributed by atoms with E-state index in [9.17, 15) is 10.1 Å². The van der Waals surface area contributed by atoms with Crippen molar-refractivity contribution in [2.24, 2.45) is 0 Å². The monoisotopic (exact) mass is 219 g/mol. The highest BCUT2D eigenvalue weighted by Crippen LogP contribution is 2.25.